The Morgan fingerprint density at radius 1 is 1.07 bits per heavy atom. The summed E-state index contributed by atoms with van der Waals surface area (Å²) in [6.45, 7) is -0.106. The van der Waals surface area contributed by atoms with Crippen molar-refractivity contribution >= 4 is 17.2 Å². The van der Waals surface area contributed by atoms with Gasteiger partial charge in [-0.15, -0.1) is 0 Å². The van der Waals surface area contributed by atoms with Gasteiger partial charge in [-0.25, -0.2) is 8.78 Å². The van der Waals surface area contributed by atoms with Gasteiger partial charge in [0.05, 0.1) is 22.5 Å². The molecule has 0 saturated carbocycles. The number of alkyl halides is 3. The summed E-state index contributed by atoms with van der Waals surface area (Å²) in [6, 6.07) is 6.26. The van der Waals surface area contributed by atoms with E-state index in [1.165, 1.54) is 11.0 Å². The van der Waals surface area contributed by atoms with E-state index in [1.54, 1.807) is 6.07 Å². The van der Waals surface area contributed by atoms with Crippen molar-refractivity contribution in [3.05, 3.63) is 58.2 Å². The molecule has 0 atom stereocenters. The van der Waals surface area contributed by atoms with Gasteiger partial charge in [0.1, 0.15) is 23.5 Å². The molecule has 9 heteroatoms. The maximum Gasteiger partial charge on any atom is 0.419 e. The van der Waals surface area contributed by atoms with Crippen LogP contribution in [0.1, 0.15) is 33.5 Å². The number of halogens is 5. The normalized spacial score (nSPS) is 13.7. The number of carbonyl (C=O) groups excluding carboxylic acids is 1. The first-order chi connectivity index (χ1) is 12.7. The Hall–Kier alpha value is -3.46. The average molecular weight is 377 g/mol. The summed E-state index contributed by atoms with van der Waals surface area (Å²) in [7, 11) is 0. The minimum Gasteiger partial charge on any atom is -0.338 e. The van der Waals surface area contributed by atoms with Crippen molar-refractivity contribution in [2.24, 2.45) is 0 Å². The van der Waals surface area contributed by atoms with Gasteiger partial charge in [0, 0.05) is 18.5 Å². The van der Waals surface area contributed by atoms with Gasteiger partial charge in [-0.2, -0.15) is 23.7 Å². The molecule has 4 nitrogen and oxygen atoms in total. The average Bonchev–Trinajstić information content (AvgIpc) is 2.60. The van der Waals surface area contributed by atoms with Gasteiger partial charge in [-0.3, -0.25) is 4.79 Å². The van der Waals surface area contributed by atoms with Crippen LogP contribution in [0.2, 0.25) is 0 Å². The highest BCUT2D eigenvalue weighted by Gasteiger charge is 2.37. The fourth-order valence-electron chi connectivity index (χ4n) is 3.00. The molecule has 0 radical (unpaired) electrons. The molecule has 0 fully saturated rings. The number of nitriles is 2. The lowest BCUT2D eigenvalue weighted by Crippen LogP contribution is -2.30. The Bertz CT molecular complexity index is 1050. The molecule has 3 rings (SSSR count). The summed E-state index contributed by atoms with van der Waals surface area (Å²) in [5.74, 6) is -3.05. The Balaban J connectivity index is 2.28. The van der Waals surface area contributed by atoms with Crippen LogP contribution in [-0.4, -0.2) is 12.3 Å². The van der Waals surface area contributed by atoms with Gasteiger partial charge in [0.25, 0.3) is 0 Å². The second kappa shape index (κ2) is 6.36. The maximum atomic E-state index is 14.3. The number of benzene rings is 2. The van der Waals surface area contributed by atoms with E-state index in [1.807, 2.05) is 0 Å². The third-order valence-electron chi connectivity index (χ3n) is 4.16. The number of rotatable bonds is 1. The molecule has 0 unspecified atom stereocenters. The zero-order chi connectivity index (χ0) is 19.9. The van der Waals surface area contributed by atoms with Crippen LogP contribution in [0.4, 0.5) is 33.3 Å². The highest BCUT2D eigenvalue weighted by atomic mass is 19.4. The molecule has 0 aliphatic carbocycles. The molecule has 0 bridgehead atoms. The van der Waals surface area contributed by atoms with Crippen LogP contribution >= 0.6 is 0 Å². The summed E-state index contributed by atoms with van der Waals surface area (Å²) in [4.78, 5) is 13.3. The van der Waals surface area contributed by atoms with E-state index in [-0.39, 0.29) is 35.5 Å². The number of ketones is 1. The third-order valence-corrected chi connectivity index (χ3v) is 4.16. The van der Waals surface area contributed by atoms with Crippen molar-refractivity contribution in [2.75, 3.05) is 11.4 Å². The molecule has 0 amide bonds. The fourth-order valence-corrected chi connectivity index (χ4v) is 3.00. The minimum atomic E-state index is -5.00. The molecule has 0 saturated heterocycles. The number of hydrogen-bond donors (Lipinski definition) is 0. The number of anilines is 2. The molecule has 136 valence electrons. The van der Waals surface area contributed by atoms with Crippen molar-refractivity contribution < 1.29 is 26.7 Å². The Morgan fingerprint density at radius 3 is 2.37 bits per heavy atom. The summed E-state index contributed by atoms with van der Waals surface area (Å²) in [5.41, 5.74) is -3.18. The highest BCUT2D eigenvalue weighted by Crippen LogP contribution is 2.41. The van der Waals surface area contributed by atoms with Gasteiger partial charge in [0.15, 0.2) is 11.6 Å². The zero-order valence-corrected chi connectivity index (χ0v) is 13.4. The van der Waals surface area contributed by atoms with E-state index in [0.717, 1.165) is 18.2 Å². The van der Waals surface area contributed by atoms with Gasteiger partial charge < -0.3 is 4.90 Å². The molecule has 2 aromatic rings. The topological polar surface area (TPSA) is 67.9 Å². The molecule has 0 aromatic heterocycles. The molecule has 1 aliphatic rings. The summed E-state index contributed by atoms with van der Waals surface area (Å²) >= 11 is 0. The van der Waals surface area contributed by atoms with Crippen LogP contribution in [0.25, 0.3) is 0 Å². The molecular weight excluding hydrogens is 369 g/mol. The predicted octanol–water partition coefficient (Wildman–Crippen LogP) is 4.45. The Kier molecular flexibility index (Phi) is 4.32. The van der Waals surface area contributed by atoms with E-state index < -0.39 is 34.7 Å². The van der Waals surface area contributed by atoms with Crippen LogP contribution in [0.15, 0.2) is 24.3 Å². The molecule has 1 aliphatic heterocycles. The van der Waals surface area contributed by atoms with Crippen LogP contribution in [0.5, 0.6) is 0 Å². The Labute approximate surface area is 149 Å². The molecule has 1 heterocycles. The second-order valence-electron chi connectivity index (χ2n) is 5.72. The van der Waals surface area contributed by atoms with E-state index in [9.17, 15) is 37.3 Å². The number of hydrogen-bond acceptors (Lipinski definition) is 4. The highest BCUT2D eigenvalue weighted by molar-refractivity contribution is 6.06. The van der Waals surface area contributed by atoms with E-state index >= 15 is 0 Å². The molecule has 0 N–H and O–H groups in total. The van der Waals surface area contributed by atoms with Crippen molar-refractivity contribution in [3.63, 3.8) is 0 Å². The van der Waals surface area contributed by atoms with Gasteiger partial charge in [-0.1, -0.05) is 0 Å². The van der Waals surface area contributed by atoms with Gasteiger partial charge in [0.2, 0.25) is 0 Å². The van der Waals surface area contributed by atoms with Crippen LogP contribution in [-0.2, 0) is 6.18 Å². The van der Waals surface area contributed by atoms with Crippen molar-refractivity contribution in [1.29, 1.82) is 10.5 Å². The quantitative estimate of drug-likeness (QED) is 0.689. The lowest BCUT2D eigenvalue weighted by molar-refractivity contribution is -0.140. The summed E-state index contributed by atoms with van der Waals surface area (Å²) in [6.07, 6.45) is -5.14. The maximum absolute atomic E-state index is 14.3. The predicted molar refractivity (Wildman–Crippen MR) is 83.2 cm³/mol. The third kappa shape index (κ3) is 2.97. The smallest absolute Gasteiger partial charge is 0.338 e. The van der Waals surface area contributed by atoms with Crippen molar-refractivity contribution in [2.45, 2.75) is 12.6 Å². The minimum absolute atomic E-state index is 0.0641. The van der Waals surface area contributed by atoms with Gasteiger partial charge in [-0.05, 0) is 24.3 Å². The number of nitrogens with zero attached hydrogens (tertiary/aromatic N) is 3. The number of carbonyl (C=O) groups is 1. The fraction of sp³-hybridized carbons (Fsp3) is 0.167. The number of fused-ring (bicyclic) bond motifs is 1. The van der Waals surface area contributed by atoms with E-state index in [0.29, 0.717) is 6.07 Å². The van der Waals surface area contributed by atoms with Crippen LogP contribution in [0.3, 0.4) is 0 Å². The van der Waals surface area contributed by atoms with Crippen molar-refractivity contribution in [3.8, 4) is 12.1 Å². The monoisotopic (exact) mass is 377 g/mol. The first-order valence-electron chi connectivity index (χ1n) is 7.53. The largest absolute Gasteiger partial charge is 0.419 e. The lowest BCUT2D eigenvalue weighted by atomic mass is 9.95. The van der Waals surface area contributed by atoms with Crippen molar-refractivity contribution in [1.82, 2.24) is 0 Å². The van der Waals surface area contributed by atoms with Crippen LogP contribution in [0, 0.1) is 34.3 Å². The standard InChI is InChI=1S/C18H8F5N3O/c19-10-5-9(7-24)17-11(6-10)15(27)3-4-26(17)14-2-1-13(18(21,22)23)16(20)12(14)8-25/h1-2,5-6H,3-4H2. The second-order valence-corrected chi connectivity index (χ2v) is 5.72. The van der Waals surface area contributed by atoms with E-state index in [4.69, 9.17) is 0 Å². The lowest BCUT2D eigenvalue weighted by Gasteiger charge is -2.32. The first kappa shape index (κ1) is 18.3. The van der Waals surface area contributed by atoms with E-state index in [2.05, 4.69) is 0 Å². The van der Waals surface area contributed by atoms with Crippen LogP contribution < -0.4 is 4.90 Å². The molecule has 2 aromatic carbocycles. The Morgan fingerprint density at radius 2 is 1.78 bits per heavy atom. The van der Waals surface area contributed by atoms with Gasteiger partial charge >= 0.3 is 6.18 Å². The number of Topliss-reactive ketones (excluding diaryl/α,β-unsaturated/α-hetero) is 1. The first-order valence-corrected chi connectivity index (χ1v) is 7.53. The summed E-state index contributed by atoms with van der Waals surface area (Å²) < 4.78 is 66.7. The zero-order valence-electron chi connectivity index (χ0n) is 13.4. The molecular formula is C18H8F5N3O. The SMILES string of the molecule is N#Cc1cc(F)cc2c1N(c1ccc(C(F)(F)F)c(F)c1C#N)CCC2=O. The summed E-state index contributed by atoms with van der Waals surface area (Å²) in [5, 5.41) is 18.5. The molecule has 0 spiro atoms. The molecule has 27 heavy (non-hydrogen) atoms.